The summed E-state index contributed by atoms with van der Waals surface area (Å²) in [5, 5.41) is 11.3. The van der Waals surface area contributed by atoms with Gasteiger partial charge >= 0.3 is 0 Å². The molecule has 3 fully saturated rings. The molecule has 4 aliphatic rings. The van der Waals surface area contributed by atoms with Crippen LogP contribution in [0.1, 0.15) is 52.4 Å². The van der Waals surface area contributed by atoms with Crippen molar-refractivity contribution in [2.45, 2.75) is 58.5 Å². The van der Waals surface area contributed by atoms with Gasteiger partial charge in [0, 0.05) is 10.8 Å². The zero-order valence-corrected chi connectivity index (χ0v) is 14.3. The number of carbonyl (C=O) groups is 1. The number of fused-ring (bicyclic) bond motifs is 5. The van der Waals surface area contributed by atoms with Crippen molar-refractivity contribution >= 4 is 5.78 Å². The molecule has 0 aromatic rings. The van der Waals surface area contributed by atoms with E-state index in [1.807, 2.05) is 12.2 Å². The molecule has 1 N–H and O–H groups in total. The molecule has 2 nitrogen and oxygen atoms in total. The Kier molecular flexibility index (Phi) is 3.14. The molecule has 23 heavy (non-hydrogen) atoms. The van der Waals surface area contributed by atoms with Crippen LogP contribution in [0.4, 0.5) is 0 Å². The summed E-state index contributed by atoms with van der Waals surface area (Å²) in [4.78, 5) is 11.9. The van der Waals surface area contributed by atoms with Crippen molar-refractivity contribution in [3.63, 3.8) is 0 Å². The zero-order valence-electron chi connectivity index (χ0n) is 14.3. The van der Waals surface area contributed by atoms with E-state index in [0.717, 1.165) is 19.3 Å². The largest absolute Gasteiger partial charge is 0.392 e. The Balaban J connectivity index is 1.89. The quantitative estimate of drug-likeness (QED) is 0.736. The van der Waals surface area contributed by atoms with Crippen LogP contribution in [0, 0.1) is 28.1 Å². The number of rotatable bonds is 1. The monoisotopic (exact) mass is 312 g/mol. The fourth-order valence-corrected chi connectivity index (χ4v) is 6.85. The number of allylic oxidation sites excluding steroid dienone is 4. The van der Waals surface area contributed by atoms with Gasteiger partial charge in [-0.1, -0.05) is 38.0 Å². The second-order valence-corrected chi connectivity index (χ2v) is 8.76. The molecule has 0 unspecified atom stereocenters. The van der Waals surface area contributed by atoms with Crippen LogP contribution in [-0.4, -0.2) is 17.0 Å². The summed E-state index contributed by atoms with van der Waals surface area (Å²) in [6.45, 7) is 8.80. The second-order valence-electron chi connectivity index (χ2n) is 8.76. The Hall–Kier alpha value is -1.15. The normalized spacial score (nSPS) is 51.5. The Labute approximate surface area is 139 Å². The number of aliphatic hydroxyl groups is 1. The topological polar surface area (TPSA) is 37.3 Å². The SMILES string of the molecule is C=C[C@]12[C@@H](O)C[C@]3(C)CCC[C@H]3[C@@H]1CCC1=CC(=O)C=C[C@@]12C. The summed E-state index contributed by atoms with van der Waals surface area (Å²) in [7, 11) is 0. The van der Waals surface area contributed by atoms with Crippen molar-refractivity contribution < 1.29 is 9.90 Å². The average molecular weight is 312 g/mol. The predicted molar refractivity (Wildman–Crippen MR) is 91.8 cm³/mol. The molecule has 0 aromatic heterocycles. The van der Waals surface area contributed by atoms with Crippen molar-refractivity contribution in [3.05, 3.63) is 36.5 Å². The van der Waals surface area contributed by atoms with Gasteiger partial charge in [0.2, 0.25) is 0 Å². The number of carbonyl (C=O) groups excluding carboxylic acids is 1. The summed E-state index contributed by atoms with van der Waals surface area (Å²) < 4.78 is 0. The summed E-state index contributed by atoms with van der Waals surface area (Å²) in [5.74, 6) is 1.23. The van der Waals surface area contributed by atoms with Gasteiger partial charge in [0.25, 0.3) is 0 Å². The van der Waals surface area contributed by atoms with E-state index in [1.165, 1.54) is 24.8 Å². The van der Waals surface area contributed by atoms with E-state index in [-0.39, 0.29) is 28.1 Å². The van der Waals surface area contributed by atoms with Crippen LogP contribution in [0.25, 0.3) is 0 Å². The van der Waals surface area contributed by atoms with Crippen molar-refractivity contribution in [2.75, 3.05) is 0 Å². The number of hydrogen-bond donors (Lipinski definition) is 1. The van der Waals surface area contributed by atoms with Crippen LogP contribution in [0.15, 0.2) is 36.5 Å². The van der Waals surface area contributed by atoms with Crippen molar-refractivity contribution in [3.8, 4) is 0 Å². The van der Waals surface area contributed by atoms with Gasteiger partial charge in [-0.3, -0.25) is 4.79 Å². The van der Waals surface area contributed by atoms with Gasteiger partial charge in [0.15, 0.2) is 5.78 Å². The van der Waals surface area contributed by atoms with Crippen LogP contribution in [0.2, 0.25) is 0 Å². The van der Waals surface area contributed by atoms with Crippen LogP contribution in [-0.2, 0) is 4.79 Å². The molecule has 0 radical (unpaired) electrons. The second kappa shape index (κ2) is 4.69. The van der Waals surface area contributed by atoms with Gasteiger partial charge in [-0.15, -0.1) is 6.58 Å². The van der Waals surface area contributed by atoms with E-state index in [1.54, 1.807) is 6.08 Å². The van der Waals surface area contributed by atoms with Crippen LogP contribution in [0.5, 0.6) is 0 Å². The molecule has 0 bridgehead atoms. The fourth-order valence-electron chi connectivity index (χ4n) is 6.85. The van der Waals surface area contributed by atoms with E-state index in [4.69, 9.17) is 0 Å². The fraction of sp³-hybridized carbons (Fsp3) is 0.667. The molecule has 3 saturated carbocycles. The number of ketones is 1. The molecule has 2 heteroatoms. The Morgan fingerprint density at radius 1 is 1.30 bits per heavy atom. The average Bonchev–Trinajstić information content (AvgIpc) is 2.88. The van der Waals surface area contributed by atoms with Gasteiger partial charge in [0.1, 0.15) is 0 Å². The van der Waals surface area contributed by atoms with Gasteiger partial charge in [-0.2, -0.15) is 0 Å². The lowest BCUT2D eigenvalue weighted by Gasteiger charge is -2.64. The van der Waals surface area contributed by atoms with Gasteiger partial charge in [-0.25, -0.2) is 0 Å². The third-order valence-corrected chi connectivity index (χ3v) is 7.99. The third kappa shape index (κ3) is 1.71. The smallest absolute Gasteiger partial charge is 0.178 e. The van der Waals surface area contributed by atoms with E-state index < -0.39 is 0 Å². The highest BCUT2D eigenvalue weighted by molar-refractivity contribution is 6.01. The van der Waals surface area contributed by atoms with Crippen molar-refractivity contribution in [2.24, 2.45) is 28.1 Å². The first-order valence-electron chi connectivity index (χ1n) is 9.13. The molecule has 0 aliphatic heterocycles. The molecule has 0 amide bonds. The molecule has 4 aliphatic carbocycles. The van der Waals surface area contributed by atoms with Gasteiger partial charge < -0.3 is 5.11 Å². The summed E-state index contributed by atoms with van der Waals surface area (Å²) in [6.07, 6.45) is 14.0. The predicted octanol–water partition coefficient (Wildman–Crippen LogP) is 4.21. The summed E-state index contributed by atoms with van der Waals surface area (Å²) in [5.41, 5.74) is 0.877. The minimum absolute atomic E-state index is 0.0890. The molecular weight excluding hydrogens is 284 g/mol. The molecule has 4 rings (SSSR count). The first kappa shape index (κ1) is 15.4. The highest BCUT2D eigenvalue weighted by Crippen LogP contribution is 2.70. The van der Waals surface area contributed by atoms with E-state index in [0.29, 0.717) is 11.8 Å². The molecule has 124 valence electrons. The molecule has 0 spiro atoms. The summed E-state index contributed by atoms with van der Waals surface area (Å²) in [6, 6.07) is 0. The lowest BCUT2D eigenvalue weighted by Crippen LogP contribution is -2.62. The Morgan fingerprint density at radius 3 is 2.83 bits per heavy atom. The van der Waals surface area contributed by atoms with E-state index in [2.05, 4.69) is 26.5 Å². The highest BCUT2D eigenvalue weighted by atomic mass is 16.3. The van der Waals surface area contributed by atoms with E-state index in [9.17, 15) is 9.90 Å². The Bertz CT molecular complexity index is 630. The third-order valence-electron chi connectivity index (χ3n) is 7.99. The molecule has 0 saturated heterocycles. The highest BCUT2D eigenvalue weighted by Gasteiger charge is 2.66. The van der Waals surface area contributed by atoms with Gasteiger partial charge in [0.05, 0.1) is 6.10 Å². The van der Waals surface area contributed by atoms with Gasteiger partial charge in [-0.05, 0) is 61.5 Å². The van der Waals surface area contributed by atoms with Crippen LogP contribution < -0.4 is 0 Å². The van der Waals surface area contributed by atoms with Crippen molar-refractivity contribution in [1.29, 1.82) is 0 Å². The maximum absolute atomic E-state index is 11.9. The molecule has 6 atom stereocenters. The first-order valence-corrected chi connectivity index (χ1v) is 9.13. The van der Waals surface area contributed by atoms with Crippen LogP contribution >= 0.6 is 0 Å². The standard InChI is InChI=1S/C21H28O2/c1-4-21-17(16-6-5-10-19(16,2)13-18(21)23)8-7-14-12-15(22)9-11-20(14,21)3/h4,9,11-12,16-18,23H,1,5-8,10,13H2,2-3H3/t16-,17-,18-,19-,20-,21+/m0/s1. The Morgan fingerprint density at radius 2 is 2.09 bits per heavy atom. The molecule has 0 aromatic carbocycles. The van der Waals surface area contributed by atoms with Crippen LogP contribution in [0.3, 0.4) is 0 Å². The molecular formula is C21H28O2. The lowest BCUT2D eigenvalue weighted by molar-refractivity contribution is -0.150. The summed E-state index contributed by atoms with van der Waals surface area (Å²) >= 11 is 0. The number of hydrogen-bond acceptors (Lipinski definition) is 2. The minimum Gasteiger partial charge on any atom is -0.392 e. The maximum atomic E-state index is 11.9. The van der Waals surface area contributed by atoms with Crippen molar-refractivity contribution in [1.82, 2.24) is 0 Å². The zero-order chi connectivity index (χ0) is 16.5. The molecule has 0 heterocycles. The maximum Gasteiger partial charge on any atom is 0.178 e. The minimum atomic E-state index is -0.379. The van der Waals surface area contributed by atoms with E-state index >= 15 is 0 Å². The first-order chi connectivity index (χ1) is 10.9. The number of aliphatic hydroxyl groups excluding tert-OH is 1. The lowest BCUT2D eigenvalue weighted by atomic mass is 9.40.